The molecule has 0 saturated heterocycles. The zero-order chi connectivity index (χ0) is 21.2. The van der Waals surface area contributed by atoms with E-state index in [0.29, 0.717) is 24.0 Å². The van der Waals surface area contributed by atoms with Crippen LogP contribution in [-0.2, 0) is 19.1 Å². The number of carbonyl (C=O) groups excluding carboxylic acids is 3. The van der Waals surface area contributed by atoms with E-state index in [0.717, 1.165) is 11.1 Å². The molecule has 2 aromatic rings. The predicted octanol–water partition coefficient (Wildman–Crippen LogP) is 2.27. The number of methoxy groups -OCH3 is 1. The highest BCUT2D eigenvalue weighted by Crippen LogP contribution is 2.23. The van der Waals surface area contributed by atoms with Crippen molar-refractivity contribution in [1.29, 1.82) is 0 Å². The van der Waals surface area contributed by atoms with E-state index in [9.17, 15) is 14.4 Å². The molecule has 3 amide bonds. The van der Waals surface area contributed by atoms with E-state index >= 15 is 0 Å². The Kier molecular flexibility index (Phi) is 8.75. The molecule has 29 heavy (non-hydrogen) atoms. The second-order valence-electron chi connectivity index (χ2n) is 6.50. The summed E-state index contributed by atoms with van der Waals surface area (Å²) in [6, 6.07) is 5.72. The molecule has 0 aliphatic rings. The van der Waals surface area contributed by atoms with E-state index < -0.39 is 0 Å². The second-order valence-corrected chi connectivity index (χ2v) is 7.39. The Labute approximate surface area is 174 Å². The summed E-state index contributed by atoms with van der Waals surface area (Å²) in [5, 5.41) is 7.63. The van der Waals surface area contributed by atoms with Crippen molar-refractivity contribution in [3.05, 3.63) is 40.9 Å². The molecule has 0 saturated carbocycles. The first-order valence-corrected chi connectivity index (χ1v) is 10.1. The van der Waals surface area contributed by atoms with Crippen LogP contribution in [0.5, 0.6) is 0 Å². The lowest BCUT2D eigenvalue weighted by Gasteiger charge is -2.24. The van der Waals surface area contributed by atoms with E-state index in [-0.39, 0.29) is 37.1 Å². The minimum atomic E-state index is -0.296. The summed E-state index contributed by atoms with van der Waals surface area (Å²) in [5.74, 6) is -0.878. The number of aryl methyl sites for hydroxylation is 2. The predicted molar refractivity (Wildman–Crippen MR) is 113 cm³/mol. The van der Waals surface area contributed by atoms with Gasteiger partial charge in [0.25, 0.3) is 0 Å². The van der Waals surface area contributed by atoms with Gasteiger partial charge in [-0.25, -0.2) is 4.98 Å². The summed E-state index contributed by atoms with van der Waals surface area (Å²) < 4.78 is 4.93. The van der Waals surface area contributed by atoms with E-state index in [4.69, 9.17) is 4.74 Å². The zero-order valence-corrected chi connectivity index (χ0v) is 17.7. The Morgan fingerprint density at radius 3 is 2.66 bits per heavy atom. The third kappa shape index (κ3) is 7.28. The molecule has 2 rings (SSSR count). The molecule has 0 fully saturated rings. The van der Waals surface area contributed by atoms with Crippen LogP contribution in [0, 0.1) is 13.8 Å². The molecule has 0 aliphatic heterocycles. The van der Waals surface area contributed by atoms with Gasteiger partial charge in [-0.1, -0.05) is 12.1 Å². The van der Waals surface area contributed by atoms with Crippen LogP contribution in [0.25, 0.3) is 0 Å². The third-order valence-corrected chi connectivity index (χ3v) is 4.82. The van der Waals surface area contributed by atoms with E-state index in [2.05, 4.69) is 15.6 Å². The van der Waals surface area contributed by atoms with Gasteiger partial charge in [0.1, 0.15) is 6.54 Å². The van der Waals surface area contributed by atoms with Gasteiger partial charge in [0.2, 0.25) is 17.7 Å². The first kappa shape index (κ1) is 22.5. The average Bonchev–Trinajstić information content (AvgIpc) is 3.19. The van der Waals surface area contributed by atoms with Crippen molar-refractivity contribution in [3.63, 3.8) is 0 Å². The number of amides is 3. The van der Waals surface area contributed by atoms with Gasteiger partial charge in [0, 0.05) is 43.8 Å². The van der Waals surface area contributed by atoms with Crippen LogP contribution in [-0.4, -0.2) is 49.5 Å². The number of hydrogen-bond donors (Lipinski definition) is 2. The molecule has 0 spiro atoms. The number of ether oxygens (including phenoxy) is 1. The molecular formula is C20H26N4O4S. The number of carbonyl (C=O) groups is 3. The Balaban J connectivity index is 2.06. The van der Waals surface area contributed by atoms with Crippen molar-refractivity contribution in [3.8, 4) is 0 Å². The molecule has 8 nitrogen and oxygen atoms in total. The van der Waals surface area contributed by atoms with E-state index in [1.54, 1.807) is 18.7 Å². The van der Waals surface area contributed by atoms with Gasteiger partial charge in [0.15, 0.2) is 5.13 Å². The average molecular weight is 419 g/mol. The number of anilines is 2. The maximum absolute atomic E-state index is 12.9. The SMILES string of the molecule is COCCNC(=O)CN(C(=O)CCC(=O)Nc1nccs1)c1cc(C)ccc1C. The Bertz CT molecular complexity index is 839. The van der Waals surface area contributed by atoms with Gasteiger partial charge >= 0.3 is 0 Å². The molecule has 1 heterocycles. The summed E-state index contributed by atoms with van der Waals surface area (Å²) in [6.07, 6.45) is 1.58. The molecule has 0 atom stereocenters. The zero-order valence-electron chi connectivity index (χ0n) is 16.9. The monoisotopic (exact) mass is 418 g/mol. The molecule has 0 bridgehead atoms. The number of nitrogens with zero attached hydrogens (tertiary/aromatic N) is 2. The van der Waals surface area contributed by atoms with Crippen LogP contribution in [0.4, 0.5) is 10.8 Å². The van der Waals surface area contributed by atoms with Gasteiger partial charge in [-0.2, -0.15) is 0 Å². The quantitative estimate of drug-likeness (QED) is 0.577. The molecule has 1 aromatic heterocycles. The van der Waals surface area contributed by atoms with Crippen LogP contribution < -0.4 is 15.5 Å². The number of aromatic nitrogens is 1. The summed E-state index contributed by atoms with van der Waals surface area (Å²) >= 11 is 1.31. The highest BCUT2D eigenvalue weighted by molar-refractivity contribution is 7.13. The number of thiazole rings is 1. The van der Waals surface area contributed by atoms with Crippen molar-refractivity contribution < 1.29 is 19.1 Å². The fraction of sp³-hybridized carbons (Fsp3) is 0.400. The summed E-state index contributed by atoms with van der Waals surface area (Å²) in [7, 11) is 1.55. The van der Waals surface area contributed by atoms with Gasteiger partial charge in [-0.05, 0) is 31.0 Å². The van der Waals surface area contributed by atoms with Gasteiger partial charge < -0.3 is 20.3 Å². The number of hydrogen-bond acceptors (Lipinski definition) is 6. The third-order valence-electron chi connectivity index (χ3n) is 4.13. The van der Waals surface area contributed by atoms with Crippen molar-refractivity contribution in [2.45, 2.75) is 26.7 Å². The molecule has 0 radical (unpaired) electrons. The van der Waals surface area contributed by atoms with E-state index in [1.165, 1.54) is 16.2 Å². The van der Waals surface area contributed by atoms with E-state index in [1.807, 2.05) is 32.0 Å². The molecule has 1 aromatic carbocycles. The maximum atomic E-state index is 12.9. The molecule has 0 unspecified atom stereocenters. The summed E-state index contributed by atoms with van der Waals surface area (Å²) in [5.41, 5.74) is 2.52. The van der Waals surface area contributed by atoms with Crippen molar-refractivity contribution >= 4 is 39.9 Å². The Morgan fingerprint density at radius 2 is 1.97 bits per heavy atom. The fourth-order valence-corrected chi connectivity index (χ4v) is 3.18. The fourth-order valence-electron chi connectivity index (χ4n) is 2.63. The first-order valence-electron chi connectivity index (χ1n) is 9.23. The molecular weight excluding hydrogens is 392 g/mol. The van der Waals surface area contributed by atoms with Gasteiger partial charge in [0.05, 0.1) is 6.61 Å². The van der Waals surface area contributed by atoms with Crippen molar-refractivity contribution in [1.82, 2.24) is 10.3 Å². The standard InChI is InChI=1S/C20H26N4O4S/c1-14-4-5-15(2)16(12-14)24(13-18(26)21-8-10-28-3)19(27)7-6-17(25)23-20-22-9-11-29-20/h4-5,9,11-12H,6-8,10,13H2,1-3H3,(H,21,26)(H,22,23,25). The van der Waals surface area contributed by atoms with Crippen LogP contribution in [0.2, 0.25) is 0 Å². The van der Waals surface area contributed by atoms with Crippen molar-refractivity contribution in [2.75, 3.05) is 37.0 Å². The Morgan fingerprint density at radius 1 is 1.17 bits per heavy atom. The van der Waals surface area contributed by atoms with Crippen molar-refractivity contribution in [2.24, 2.45) is 0 Å². The van der Waals surface area contributed by atoms with Gasteiger partial charge in [-0.3, -0.25) is 14.4 Å². The number of rotatable bonds is 10. The number of nitrogens with one attached hydrogen (secondary N) is 2. The molecule has 156 valence electrons. The smallest absolute Gasteiger partial charge is 0.240 e. The lowest BCUT2D eigenvalue weighted by molar-refractivity contribution is -0.125. The molecule has 9 heteroatoms. The van der Waals surface area contributed by atoms with Crippen LogP contribution in [0.15, 0.2) is 29.8 Å². The van der Waals surface area contributed by atoms with Gasteiger partial charge in [-0.15, -0.1) is 11.3 Å². The highest BCUT2D eigenvalue weighted by Gasteiger charge is 2.21. The first-order chi connectivity index (χ1) is 13.9. The highest BCUT2D eigenvalue weighted by atomic mass is 32.1. The minimum Gasteiger partial charge on any atom is -0.383 e. The summed E-state index contributed by atoms with van der Waals surface area (Å²) in [6.45, 7) is 4.43. The topological polar surface area (TPSA) is 101 Å². The minimum absolute atomic E-state index is 0.00503. The van der Waals surface area contributed by atoms with Crippen LogP contribution in [0.1, 0.15) is 24.0 Å². The maximum Gasteiger partial charge on any atom is 0.240 e. The number of benzene rings is 1. The molecule has 0 aliphatic carbocycles. The lowest BCUT2D eigenvalue weighted by Crippen LogP contribution is -2.42. The second kappa shape index (κ2) is 11.3. The van der Waals surface area contributed by atoms with Crippen LogP contribution >= 0.6 is 11.3 Å². The molecule has 2 N–H and O–H groups in total. The summed E-state index contributed by atoms with van der Waals surface area (Å²) in [4.78, 5) is 42.7. The normalized spacial score (nSPS) is 10.4. The lowest BCUT2D eigenvalue weighted by atomic mass is 10.1. The largest absolute Gasteiger partial charge is 0.383 e. The Hall–Kier alpha value is -2.78. The van der Waals surface area contributed by atoms with Crippen LogP contribution in [0.3, 0.4) is 0 Å².